The average Bonchev–Trinajstić information content (AvgIpc) is 2.08. The molecule has 0 bridgehead atoms. The minimum Gasteiger partial charge on any atom is -0.299 e. The predicted molar refractivity (Wildman–Crippen MR) is 44.0 cm³/mol. The van der Waals surface area contributed by atoms with E-state index in [2.05, 4.69) is 4.98 Å². The van der Waals surface area contributed by atoms with Gasteiger partial charge < -0.3 is 0 Å². The van der Waals surface area contributed by atoms with E-state index in [-0.39, 0.29) is 0 Å². The van der Waals surface area contributed by atoms with E-state index in [9.17, 15) is 9.18 Å². The first kappa shape index (κ1) is 8.59. The summed E-state index contributed by atoms with van der Waals surface area (Å²) in [7, 11) is 0. The first-order valence-electron chi connectivity index (χ1n) is 3.48. The number of hydrogen-bond acceptors (Lipinski definition) is 2. The number of halogens is 1. The van der Waals surface area contributed by atoms with E-state index in [0.29, 0.717) is 17.4 Å². The maximum atomic E-state index is 12.8. The zero-order valence-corrected chi connectivity index (χ0v) is 6.62. The molecule has 1 aromatic rings. The number of rotatable bonds is 2. The summed E-state index contributed by atoms with van der Waals surface area (Å²) in [6.45, 7) is 1.62. The Morgan fingerprint density at radius 3 is 3.00 bits per heavy atom. The molecule has 1 rings (SSSR count). The molecule has 0 saturated heterocycles. The molecule has 0 radical (unpaired) electrons. The van der Waals surface area contributed by atoms with Crippen LogP contribution in [0.1, 0.15) is 11.1 Å². The normalized spacial score (nSPS) is 10.5. The fourth-order valence-electron chi connectivity index (χ4n) is 0.847. The van der Waals surface area contributed by atoms with Crippen molar-refractivity contribution in [3.63, 3.8) is 0 Å². The molecule has 2 nitrogen and oxygen atoms in total. The Morgan fingerprint density at radius 1 is 1.58 bits per heavy atom. The first-order chi connectivity index (χ1) is 5.75. The van der Waals surface area contributed by atoms with Crippen molar-refractivity contribution in [3.8, 4) is 0 Å². The smallest absolute Gasteiger partial charge is 0.216 e. The van der Waals surface area contributed by atoms with Gasteiger partial charge >= 0.3 is 0 Å². The number of aldehydes is 1. The fraction of sp³-hybridized carbons (Fsp3) is 0.111. The van der Waals surface area contributed by atoms with Crippen LogP contribution < -0.4 is 0 Å². The van der Waals surface area contributed by atoms with Crippen LogP contribution in [0.2, 0.25) is 0 Å². The van der Waals surface area contributed by atoms with Crippen LogP contribution in [-0.2, 0) is 4.79 Å². The molecule has 0 amide bonds. The number of aromatic nitrogens is 1. The highest BCUT2D eigenvalue weighted by Crippen LogP contribution is 2.10. The van der Waals surface area contributed by atoms with Gasteiger partial charge in [-0.05, 0) is 24.6 Å². The molecule has 3 heteroatoms. The second-order valence-corrected chi connectivity index (χ2v) is 2.31. The van der Waals surface area contributed by atoms with Gasteiger partial charge in [-0.2, -0.15) is 4.39 Å². The number of pyridine rings is 1. The molecule has 0 saturated carbocycles. The Morgan fingerprint density at radius 2 is 2.33 bits per heavy atom. The Hall–Kier alpha value is -1.51. The van der Waals surface area contributed by atoms with E-state index in [1.165, 1.54) is 12.3 Å². The van der Waals surface area contributed by atoms with E-state index in [0.717, 1.165) is 0 Å². The number of nitrogens with zero attached hydrogens (tertiary/aromatic N) is 1. The third-order valence-electron chi connectivity index (χ3n) is 1.54. The van der Waals surface area contributed by atoms with Crippen LogP contribution in [0, 0.1) is 12.9 Å². The summed E-state index contributed by atoms with van der Waals surface area (Å²) in [6, 6.07) is 1.65. The van der Waals surface area contributed by atoms with Crippen molar-refractivity contribution in [2.75, 3.05) is 0 Å². The Labute approximate surface area is 69.7 Å². The summed E-state index contributed by atoms with van der Waals surface area (Å²) in [5.74, 6) is -0.497. The molecule has 0 aliphatic rings. The molecule has 0 aromatic carbocycles. The van der Waals surface area contributed by atoms with Crippen molar-refractivity contribution in [3.05, 3.63) is 35.4 Å². The quantitative estimate of drug-likeness (QED) is 0.379. The van der Waals surface area contributed by atoms with Gasteiger partial charge in [0.2, 0.25) is 5.95 Å². The van der Waals surface area contributed by atoms with E-state index in [4.69, 9.17) is 0 Å². The minimum atomic E-state index is -0.497. The van der Waals surface area contributed by atoms with Crippen LogP contribution in [0.15, 0.2) is 18.3 Å². The van der Waals surface area contributed by atoms with E-state index in [1.807, 2.05) is 0 Å². The van der Waals surface area contributed by atoms with Gasteiger partial charge in [-0.1, -0.05) is 6.08 Å². The Bertz CT molecular complexity index is 320. The summed E-state index contributed by atoms with van der Waals surface area (Å²) in [5.41, 5.74) is 1.13. The molecule has 12 heavy (non-hydrogen) atoms. The van der Waals surface area contributed by atoms with Gasteiger partial charge in [0.15, 0.2) is 0 Å². The van der Waals surface area contributed by atoms with Gasteiger partial charge in [0, 0.05) is 11.8 Å². The maximum Gasteiger partial charge on any atom is 0.216 e. The topological polar surface area (TPSA) is 30.0 Å². The SMILES string of the molecule is Cc1c(C=CC=O)ccnc1F. The lowest BCUT2D eigenvalue weighted by Gasteiger charge is -1.98. The molecule has 0 unspecified atom stereocenters. The van der Waals surface area contributed by atoms with Crippen molar-refractivity contribution in [2.45, 2.75) is 6.92 Å². The lowest BCUT2D eigenvalue weighted by Crippen LogP contribution is -1.90. The van der Waals surface area contributed by atoms with E-state index < -0.39 is 5.95 Å². The fourth-order valence-corrected chi connectivity index (χ4v) is 0.847. The molecular formula is C9H8FNO. The molecule has 0 spiro atoms. The monoisotopic (exact) mass is 165 g/mol. The summed E-state index contributed by atoms with van der Waals surface area (Å²) in [4.78, 5) is 13.4. The van der Waals surface area contributed by atoms with Gasteiger partial charge in [0.1, 0.15) is 6.29 Å². The van der Waals surface area contributed by atoms with Crippen molar-refractivity contribution in [1.82, 2.24) is 4.98 Å². The van der Waals surface area contributed by atoms with Crippen LogP contribution in [0.3, 0.4) is 0 Å². The van der Waals surface area contributed by atoms with Crippen LogP contribution in [-0.4, -0.2) is 11.3 Å². The van der Waals surface area contributed by atoms with Crippen molar-refractivity contribution in [1.29, 1.82) is 0 Å². The van der Waals surface area contributed by atoms with Crippen LogP contribution in [0.4, 0.5) is 4.39 Å². The summed E-state index contributed by atoms with van der Waals surface area (Å²) < 4.78 is 12.8. The number of hydrogen-bond donors (Lipinski definition) is 0. The number of carbonyl (C=O) groups is 1. The third kappa shape index (κ3) is 1.75. The first-order valence-corrected chi connectivity index (χ1v) is 3.48. The van der Waals surface area contributed by atoms with E-state index in [1.54, 1.807) is 19.1 Å². The van der Waals surface area contributed by atoms with Gasteiger partial charge in [0.05, 0.1) is 0 Å². The van der Waals surface area contributed by atoms with Crippen LogP contribution in [0.5, 0.6) is 0 Å². The van der Waals surface area contributed by atoms with Gasteiger partial charge in [-0.3, -0.25) is 4.79 Å². The molecule has 1 heterocycles. The molecule has 62 valence electrons. The van der Waals surface area contributed by atoms with Gasteiger partial charge in [-0.25, -0.2) is 4.98 Å². The highest BCUT2D eigenvalue weighted by molar-refractivity contribution is 5.74. The minimum absolute atomic E-state index is 0.454. The number of carbonyl (C=O) groups excluding carboxylic acids is 1. The van der Waals surface area contributed by atoms with Gasteiger partial charge in [0.25, 0.3) is 0 Å². The van der Waals surface area contributed by atoms with E-state index >= 15 is 0 Å². The van der Waals surface area contributed by atoms with Gasteiger partial charge in [-0.15, -0.1) is 0 Å². The van der Waals surface area contributed by atoms with Crippen molar-refractivity contribution in [2.24, 2.45) is 0 Å². The zero-order chi connectivity index (χ0) is 8.97. The summed E-state index contributed by atoms with van der Waals surface area (Å²) in [6.07, 6.45) is 4.89. The average molecular weight is 165 g/mol. The van der Waals surface area contributed by atoms with Crippen molar-refractivity contribution < 1.29 is 9.18 Å². The summed E-state index contributed by atoms with van der Waals surface area (Å²) >= 11 is 0. The van der Waals surface area contributed by atoms with Crippen LogP contribution >= 0.6 is 0 Å². The lowest BCUT2D eigenvalue weighted by atomic mass is 10.1. The second kappa shape index (κ2) is 3.76. The molecule has 0 atom stereocenters. The maximum absolute atomic E-state index is 12.8. The highest BCUT2D eigenvalue weighted by atomic mass is 19.1. The highest BCUT2D eigenvalue weighted by Gasteiger charge is 2.00. The lowest BCUT2D eigenvalue weighted by molar-refractivity contribution is -0.104. The van der Waals surface area contributed by atoms with Crippen molar-refractivity contribution >= 4 is 12.4 Å². The molecule has 0 fully saturated rings. The second-order valence-electron chi connectivity index (χ2n) is 2.31. The molecular weight excluding hydrogens is 157 g/mol. The largest absolute Gasteiger partial charge is 0.299 e. The third-order valence-corrected chi connectivity index (χ3v) is 1.54. The summed E-state index contributed by atoms with van der Waals surface area (Å²) in [5, 5.41) is 0. The molecule has 0 N–H and O–H groups in total. The standard InChI is InChI=1S/C9H8FNO/c1-7-8(3-2-6-12)4-5-11-9(7)10/h2-6H,1H3. The predicted octanol–water partition coefficient (Wildman–Crippen LogP) is 1.74. The molecule has 0 aliphatic heterocycles. The Balaban J connectivity index is 3.07. The zero-order valence-electron chi connectivity index (χ0n) is 6.62. The molecule has 1 aromatic heterocycles. The molecule has 0 aliphatic carbocycles. The van der Waals surface area contributed by atoms with Crippen LogP contribution in [0.25, 0.3) is 6.08 Å². The number of allylic oxidation sites excluding steroid dienone is 1. The Kier molecular flexibility index (Phi) is 2.69.